The summed E-state index contributed by atoms with van der Waals surface area (Å²) in [4.78, 5) is 15.1. The molecule has 2 aromatic carbocycles. The summed E-state index contributed by atoms with van der Waals surface area (Å²) in [7, 11) is -4.35. The summed E-state index contributed by atoms with van der Waals surface area (Å²) in [5, 5.41) is 2.17. The molecule has 3 rings (SSSR count). The highest BCUT2D eigenvalue weighted by Crippen LogP contribution is 2.38. The van der Waals surface area contributed by atoms with E-state index in [0.29, 0.717) is 29.4 Å². The first-order valence-corrected chi connectivity index (χ1v) is 14.2. The number of carbonyl (C=O) groups excluding carboxylic acids is 1. The quantitative estimate of drug-likeness (QED) is 0.383. The molecule has 0 aromatic heterocycles. The topological polar surface area (TPSA) is 69.7 Å². The van der Waals surface area contributed by atoms with Gasteiger partial charge in [0.25, 0.3) is 10.0 Å². The molecule has 2 aromatic rings. The summed E-state index contributed by atoms with van der Waals surface area (Å²) in [6.45, 7) is 5.44. The average Bonchev–Trinajstić information content (AvgIpc) is 2.85. The van der Waals surface area contributed by atoms with Gasteiger partial charge in [-0.25, -0.2) is 8.42 Å². The van der Waals surface area contributed by atoms with E-state index in [2.05, 4.69) is 17.1 Å². The monoisotopic (exact) mass is 559 g/mol. The summed E-state index contributed by atoms with van der Waals surface area (Å²) < 4.78 is 68.1. The van der Waals surface area contributed by atoms with E-state index < -0.39 is 39.2 Å². The van der Waals surface area contributed by atoms with Gasteiger partial charge in [-0.3, -0.25) is 9.10 Å². The third kappa shape index (κ3) is 7.61. The summed E-state index contributed by atoms with van der Waals surface area (Å²) >= 11 is 5.74. The molecule has 1 N–H and O–H groups in total. The summed E-state index contributed by atoms with van der Waals surface area (Å²) in [5.74, 6) is -0.607. The molecule has 0 bridgehead atoms. The van der Waals surface area contributed by atoms with Gasteiger partial charge in [-0.15, -0.1) is 0 Å². The number of nitrogens with one attached hydrogen (secondary N) is 1. The van der Waals surface area contributed by atoms with Crippen LogP contribution in [0.15, 0.2) is 47.4 Å². The van der Waals surface area contributed by atoms with Crippen molar-refractivity contribution in [1.29, 1.82) is 0 Å². The van der Waals surface area contributed by atoms with Gasteiger partial charge in [-0.2, -0.15) is 13.2 Å². The molecule has 0 saturated carbocycles. The number of alkyl halides is 3. The molecule has 1 amide bonds. The number of hydrogen-bond donors (Lipinski definition) is 1. The number of sulfonamides is 1. The first-order chi connectivity index (χ1) is 17.4. The maximum Gasteiger partial charge on any atom is 0.417 e. The van der Waals surface area contributed by atoms with Crippen LogP contribution in [0.3, 0.4) is 0 Å². The van der Waals surface area contributed by atoms with Gasteiger partial charge in [0, 0.05) is 19.1 Å². The van der Waals surface area contributed by atoms with Crippen molar-refractivity contribution in [2.75, 3.05) is 30.5 Å². The third-order valence-electron chi connectivity index (χ3n) is 6.60. The van der Waals surface area contributed by atoms with Gasteiger partial charge in [0.15, 0.2) is 0 Å². The molecule has 0 radical (unpaired) electrons. The van der Waals surface area contributed by atoms with Crippen LogP contribution in [0.2, 0.25) is 5.02 Å². The zero-order chi connectivity index (χ0) is 27.2. The smallest absolute Gasteiger partial charge is 0.354 e. The van der Waals surface area contributed by atoms with Crippen LogP contribution in [-0.4, -0.2) is 51.4 Å². The summed E-state index contributed by atoms with van der Waals surface area (Å²) in [6, 6.07) is 9.22. The minimum absolute atomic E-state index is 0.134. The Labute approximate surface area is 221 Å². The normalized spacial score (nSPS) is 17.0. The molecule has 6 nitrogen and oxygen atoms in total. The Morgan fingerprint density at radius 2 is 1.86 bits per heavy atom. The van der Waals surface area contributed by atoms with Crippen LogP contribution in [0.4, 0.5) is 18.9 Å². The van der Waals surface area contributed by atoms with E-state index in [4.69, 9.17) is 11.6 Å². The molecule has 1 fully saturated rings. The van der Waals surface area contributed by atoms with Gasteiger partial charge >= 0.3 is 6.18 Å². The zero-order valence-corrected chi connectivity index (χ0v) is 22.6. The fourth-order valence-electron chi connectivity index (χ4n) is 4.55. The van der Waals surface area contributed by atoms with Crippen LogP contribution in [0.5, 0.6) is 0 Å². The van der Waals surface area contributed by atoms with E-state index in [0.717, 1.165) is 50.0 Å². The van der Waals surface area contributed by atoms with Gasteiger partial charge in [-0.05, 0) is 69.5 Å². The van der Waals surface area contributed by atoms with Crippen molar-refractivity contribution in [1.82, 2.24) is 10.2 Å². The zero-order valence-electron chi connectivity index (χ0n) is 21.0. The molecule has 1 heterocycles. The van der Waals surface area contributed by atoms with Gasteiger partial charge in [0.05, 0.1) is 21.2 Å². The Morgan fingerprint density at radius 3 is 2.51 bits per heavy atom. The average molecular weight is 560 g/mol. The van der Waals surface area contributed by atoms with Gasteiger partial charge in [0.1, 0.15) is 6.54 Å². The van der Waals surface area contributed by atoms with E-state index in [1.165, 1.54) is 18.6 Å². The SMILES string of the molecule is CCC1CCCCN1CCCNC(=O)CN(c1ccc(Cl)c(C(F)(F)F)c1)S(=O)(=O)c1ccc(C)cc1. The molecule has 0 aliphatic carbocycles. The minimum Gasteiger partial charge on any atom is -0.354 e. The number of halogens is 4. The molecule has 37 heavy (non-hydrogen) atoms. The molecule has 0 spiro atoms. The second-order valence-corrected chi connectivity index (χ2v) is 11.6. The number of rotatable bonds is 10. The number of anilines is 1. The van der Waals surface area contributed by atoms with Crippen molar-refractivity contribution >= 4 is 33.2 Å². The molecule has 1 aliphatic rings. The minimum atomic E-state index is -4.79. The summed E-state index contributed by atoms with van der Waals surface area (Å²) in [5.41, 5.74) is -0.664. The molecule has 11 heteroatoms. The number of nitrogens with zero attached hydrogens (tertiary/aromatic N) is 2. The van der Waals surface area contributed by atoms with Crippen molar-refractivity contribution < 1.29 is 26.4 Å². The lowest BCUT2D eigenvalue weighted by atomic mass is 10.00. The van der Waals surface area contributed by atoms with Crippen molar-refractivity contribution in [3.8, 4) is 0 Å². The molecular formula is C26H33ClF3N3O3S. The van der Waals surface area contributed by atoms with Gasteiger partial charge in [-0.1, -0.05) is 42.6 Å². The van der Waals surface area contributed by atoms with Crippen molar-refractivity contribution in [3.05, 3.63) is 58.6 Å². The number of carbonyl (C=O) groups is 1. The number of hydrogen-bond acceptors (Lipinski definition) is 4. The highest BCUT2D eigenvalue weighted by Gasteiger charge is 2.35. The molecule has 1 atom stereocenters. The van der Waals surface area contributed by atoms with Crippen LogP contribution in [0, 0.1) is 6.92 Å². The number of aryl methyl sites for hydroxylation is 1. The van der Waals surface area contributed by atoms with E-state index in [1.54, 1.807) is 19.1 Å². The standard InChI is InChI=1S/C26H33ClF3N3O3S/c1-3-20-7-4-5-15-32(20)16-6-14-31-25(34)18-33(37(35,36)22-11-8-19(2)9-12-22)21-10-13-24(27)23(17-21)26(28,29)30/h8-13,17,20H,3-7,14-16,18H2,1-2H3,(H,31,34). The van der Waals surface area contributed by atoms with Crippen LogP contribution < -0.4 is 9.62 Å². The first kappa shape index (κ1) is 29.3. The van der Waals surface area contributed by atoms with Crippen molar-refractivity contribution in [2.24, 2.45) is 0 Å². The van der Waals surface area contributed by atoms with E-state index in [9.17, 15) is 26.4 Å². The Bertz CT molecular complexity index is 1170. The highest BCUT2D eigenvalue weighted by atomic mass is 35.5. The molecule has 204 valence electrons. The van der Waals surface area contributed by atoms with Crippen LogP contribution in [-0.2, 0) is 21.0 Å². The maximum atomic E-state index is 13.5. The molecule has 1 saturated heterocycles. The third-order valence-corrected chi connectivity index (χ3v) is 8.72. The summed E-state index contributed by atoms with van der Waals surface area (Å²) in [6.07, 6.45) is 0.494. The second kappa shape index (κ2) is 12.5. The highest BCUT2D eigenvalue weighted by molar-refractivity contribution is 7.92. The second-order valence-electron chi connectivity index (χ2n) is 9.28. The predicted octanol–water partition coefficient (Wildman–Crippen LogP) is 5.63. The molecule has 1 unspecified atom stereocenters. The maximum absolute atomic E-state index is 13.5. The number of likely N-dealkylation sites (tertiary alicyclic amines) is 1. The van der Waals surface area contributed by atoms with Crippen molar-refractivity contribution in [3.63, 3.8) is 0 Å². The fourth-order valence-corrected chi connectivity index (χ4v) is 6.19. The lowest BCUT2D eigenvalue weighted by Gasteiger charge is -2.35. The molecular weight excluding hydrogens is 527 g/mol. The fraction of sp³-hybridized carbons (Fsp3) is 0.500. The lowest BCUT2D eigenvalue weighted by Crippen LogP contribution is -2.43. The number of piperidine rings is 1. The Balaban J connectivity index is 1.78. The lowest BCUT2D eigenvalue weighted by molar-refractivity contribution is -0.137. The van der Waals surface area contributed by atoms with E-state index in [1.807, 2.05) is 0 Å². The van der Waals surface area contributed by atoms with E-state index >= 15 is 0 Å². The Hall–Kier alpha value is -2.30. The number of benzene rings is 2. The Morgan fingerprint density at radius 1 is 1.16 bits per heavy atom. The largest absolute Gasteiger partial charge is 0.417 e. The van der Waals surface area contributed by atoms with Crippen LogP contribution in [0.25, 0.3) is 0 Å². The number of amides is 1. The van der Waals surface area contributed by atoms with Gasteiger partial charge in [0.2, 0.25) is 5.91 Å². The Kier molecular flexibility index (Phi) is 9.88. The van der Waals surface area contributed by atoms with Crippen molar-refractivity contribution in [2.45, 2.75) is 63.1 Å². The van der Waals surface area contributed by atoms with Gasteiger partial charge < -0.3 is 10.2 Å². The molecule has 1 aliphatic heterocycles. The first-order valence-electron chi connectivity index (χ1n) is 12.4. The van der Waals surface area contributed by atoms with Crippen LogP contribution >= 0.6 is 11.6 Å². The van der Waals surface area contributed by atoms with E-state index in [-0.39, 0.29) is 10.6 Å². The van der Waals surface area contributed by atoms with Crippen LogP contribution in [0.1, 0.15) is 50.2 Å². The predicted molar refractivity (Wildman–Crippen MR) is 139 cm³/mol.